The van der Waals surface area contributed by atoms with Crippen LogP contribution in [0.4, 0.5) is 5.69 Å². The van der Waals surface area contributed by atoms with Gasteiger partial charge in [-0.15, -0.1) is 0 Å². The second-order valence-corrected chi connectivity index (χ2v) is 6.24. The molecule has 0 spiro atoms. The number of likely N-dealkylation sites (tertiary alicyclic amines) is 1. The highest BCUT2D eigenvalue weighted by atomic mass is 35.5. The molecule has 6 heteroatoms. The van der Waals surface area contributed by atoms with Gasteiger partial charge in [0.15, 0.2) is 0 Å². The number of carbonyl (C=O) groups excluding carboxylic acids is 2. The van der Waals surface area contributed by atoms with E-state index in [1.165, 1.54) is 0 Å². The molecule has 0 bridgehead atoms. The predicted octanol–water partition coefficient (Wildman–Crippen LogP) is 3.53. The van der Waals surface area contributed by atoms with Crippen LogP contribution in [0.3, 0.4) is 0 Å². The number of aryl methyl sites for hydroxylation is 1. The fourth-order valence-electron chi connectivity index (χ4n) is 2.75. The number of nitrogens with one attached hydrogen (secondary N) is 1. The molecule has 3 rings (SSSR count). The lowest BCUT2D eigenvalue weighted by molar-refractivity contribution is 0.0794. The SMILES string of the molecule is Cc1cccc(C(=O)Nc2cc(Cl)ccc2C(=O)N2CCCC2)n1. The zero-order chi connectivity index (χ0) is 17.1. The molecular formula is C18H18ClN3O2. The van der Waals surface area contributed by atoms with Crippen LogP contribution in [0, 0.1) is 6.92 Å². The number of benzene rings is 1. The Hall–Kier alpha value is -2.40. The van der Waals surface area contributed by atoms with E-state index >= 15 is 0 Å². The van der Waals surface area contributed by atoms with Crippen LogP contribution in [-0.4, -0.2) is 34.8 Å². The molecule has 0 radical (unpaired) electrons. The van der Waals surface area contributed by atoms with Crippen molar-refractivity contribution in [2.24, 2.45) is 0 Å². The van der Waals surface area contributed by atoms with Crippen molar-refractivity contribution >= 4 is 29.1 Å². The first-order valence-corrected chi connectivity index (χ1v) is 8.26. The van der Waals surface area contributed by atoms with Gasteiger partial charge in [0.25, 0.3) is 11.8 Å². The van der Waals surface area contributed by atoms with Gasteiger partial charge in [-0.25, -0.2) is 4.98 Å². The van der Waals surface area contributed by atoms with Crippen molar-refractivity contribution in [2.45, 2.75) is 19.8 Å². The van der Waals surface area contributed by atoms with Gasteiger partial charge in [-0.3, -0.25) is 9.59 Å². The maximum atomic E-state index is 12.7. The predicted molar refractivity (Wildman–Crippen MR) is 93.5 cm³/mol. The molecule has 5 nitrogen and oxygen atoms in total. The summed E-state index contributed by atoms with van der Waals surface area (Å²) in [5.41, 5.74) is 1.91. The number of nitrogens with zero attached hydrogens (tertiary/aromatic N) is 2. The smallest absolute Gasteiger partial charge is 0.274 e. The average molecular weight is 344 g/mol. The highest BCUT2D eigenvalue weighted by Crippen LogP contribution is 2.24. The van der Waals surface area contributed by atoms with E-state index in [0.29, 0.717) is 22.0 Å². The largest absolute Gasteiger partial charge is 0.339 e. The molecule has 0 unspecified atom stereocenters. The number of hydrogen-bond acceptors (Lipinski definition) is 3. The molecule has 2 heterocycles. The van der Waals surface area contributed by atoms with Crippen molar-refractivity contribution in [3.63, 3.8) is 0 Å². The lowest BCUT2D eigenvalue weighted by Crippen LogP contribution is -2.29. The molecular weight excluding hydrogens is 326 g/mol. The van der Waals surface area contributed by atoms with Crippen LogP contribution in [0.1, 0.15) is 39.4 Å². The van der Waals surface area contributed by atoms with Crippen LogP contribution in [0.5, 0.6) is 0 Å². The van der Waals surface area contributed by atoms with Gasteiger partial charge in [-0.1, -0.05) is 17.7 Å². The number of hydrogen-bond donors (Lipinski definition) is 1. The highest BCUT2D eigenvalue weighted by Gasteiger charge is 2.23. The normalized spacial score (nSPS) is 13.8. The third-order valence-corrected chi connectivity index (χ3v) is 4.21. The first kappa shape index (κ1) is 16.5. The minimum atomic E-state index is -0.364. The first-order chi connectivity index (χ1) is 11.5. The molecule has 2 amide bonds. The lowest BCUT2D eigenvalue weighted by atomic mass is 10.1. The van der Waals surface area contributed by atoms with Gasteiger partial charge in [0.1, 0.15) is 5.69 Å². The standard InChI is InChI=1S/C18H18ClN3O2/c1-12-5-4-6-15(20-12)17(23)21-16-11-13(19)7-8-14(16)18(24)22-9-2-3-10-22/h4-8,11H,2-3,9-10H2,1H3,(H,21,23). The molecule has 1 aliphatic heterocycles. The molecule has 1 aromatic heterocycles. The van der Waals surface area contributed by atoms with Gasteiger partial charge >= 0.3 is 0 Å². The summed E-state index contributed by atoms with van der Waals surface area (Å²) in [4.78, 5) is 31.1. The molecule has 0 aliphatic carbocycles. The van der Waals surface area contributed by atoms with Crippen LogP contribution < -0.4 is 5.32 Å². The monoisotopic (exact) mass is 343 g/mol. The average Bonchev–Trinajstić information content (AvgIpc) is 3.09. The van der Waals surface area contributed by atoms with Gasteiger partial charge in [-0.05, 0) is 50.1 Å². The van der Waals surface area contributed by atoms with Crippen molar-refractivity contribution in [3.05, 3.63) is 58.4 Å². The molecule has 1 fully saturated rings. The zero-order valence-electron chi connectivity index (χ0n) is 13.4. The molecule has 1 aromatic carbocycles. The second-order valence-electron chi connectivity index (χ2n) is 5.81. The Morgan fingerprint density at radius 1 is 1.17 bits per heavy atom. The Morgan fingerprint density at radius 2 is 1.92 bits per heavy atom. The van der Waals surface area contributed by atoms with Gasteiger partial charge in [0, 0.05) is 23.8 Å². The topological polar surface area (TPSA) is 62.3 Å². The molecule has 2 aromatic rings. The van der Waals surface area contributed by atoms with Crippen molar-refractivity contribution in [1.82, 2.24) is 9.88 Å². The van der Waals surface area contributed by atoms with Gasteiger partial charge < -0.3 is 10.2 Å². The molecule has 124 valence electrons. The zero-order valence-corrected chi connectivity index (χ0v) is 14.1. The van der Waals surface area contributed by atoms with E-state index in [2.05, 4.69) is 10.3 Å². The minimum Gasteiger partial charge on any atom is -0.339 e. The Kier molecular flexibility index (Phi) is 4.81. The summed E-state index contributed by atoms with van der Waals surface area (Å²) < 4.78 is 0. The Balaban J connectivity index is 1.88. The van der Waals surface area contributed by atoms with Crippen LogP contribution in [0.15, 0.2) is 36.4 Å². The Bertz CT molecular complexity index is 786. The van der Waals surface area contributed by atoms with E-state index in [1.807, 2.05) is 13.0 Å². The quantitative estimate of drug-likeness (QED) is 0.927. The van der Waals surface area contributed by atoms with Crippen molar-refractivity contribution in [2.75, 3.05) is 18.4 Å². The van der Waals surface area contributed by atoms with Gasteiger partial charge in [0.05, 0.1) is 11.3 Å². The Morgan fingerprint density at radius 3 is 2.62 bits per heavy atom. The molecule has 1 aliphatic rings. The van der Waals surface area contributed by atoms with Crippen LogP contribution in [0.25, 0.3) is 0 Å². The summed E-state index contributed by atoms with van der Waals surface area (Å²) in [5.74, 6) is -0.451. The summed E-state index contributed by atoms with van der Waals surface area (Å²) in [5, 5.41) is 3.22. The van der Waals surface area contributed by atoms with E-state index in [9.17, 15) is 9.59 Å². The first-order valence-electron chi connectivity index (χ1n) is 7.88. The van der Waals surface area contributed by atoms with E-state index in [4.69, 9.17) is 11.6 Å². The Labute approximate surface area is 145 Å². The maximum absolute atomic E-state index is 12.7. The van der Waals surface area contributed by atoms with Gasteiger partial charge in [0.2, 0.25) is 0 Å². The number of pyridine rings is 1. The van der Waals surface area contributed by atoms with Gasteiger partial charge in [-0.2, -0.15) is 0 Å². The number of carbonyl (C=O) groups is 2. The van der Waals surface area contributed by atoms with E-state index in [1.54, 1.807) is 35.2 Å². The van der Waals surface area contributed by atoms with Crippen molar-refractivity contribution in [3.8, 4) is 0 Å². The second kappa shape index (κ2) is 7.01. The fourth-order valence-corrected chi connectivity index (χ4v) is 2.92. The number of aromatic nitrogens is 1. The summed E-state index contributed by atoms with van der Waals surface area (Å²) in [7, 11) is 0. The number of rotatable bonds is 3. The molecule has 24 heavy (non-hydrogen) atoms. The fraction of sp³-hybridized carbons (Fsp3) is 0.278. The molecule has 1 N–H and O–H groups in total. The van der Waals surface area contributed by atoms with Crippen molar-refractivity contribution in [1.29, 1.82) is 0 Å². The minimum absolute atomic E-state index is 0.0864. The van der Waals surface area contributed by atoms with E-state index in [0.717, 1.165) is 31.6 Å². The molecule has 0 atom stereocenters. The summed E-state index contributed by atoms with van der Waals surface area (Å²) in [6.07, 6.45) is 2.02. The summed E-state index contributed by atoms with van der Waals surface area (Å²) >= 11 is 6.04. The van der Waals surface area contributed by atoms with E-state index < -0.39 is 0 Å². The molecule has 1 saturated heterocycles. The van der Waals surface area contributed by atoms with Crippen molar-refractivity contribution < 1.29 is 9.59 Å². The third-order valence-electron chi connectivity index (χ3n) is 3.97. The maximum Gasteiger partial charge on any atom is 0.274 e. The number of anilines is 1. The van der Waals surface area contributed by atoms with Crippen LogP contribution in [-0.2, 0) is 0 Å². The van der Waals surface area contributed by atoms with Crippen LogP contribution in [0.2, 0.25) is 5.02 Å². The third kappa shape index (κ3) is 3.57. The summed E-state index contributed by atoms with van der Waals surface area (Å²) in [6.45, 7) is 3.31. The lowest BCUT2D eigenvalue weighted by Gasteiger charge is -2.18. The van der Waals surface area contributed by atoms with Crippen LogP contribution >= 0.6 is 11.6 Å². The number of amides is 2. The summed E-state index contributed by atoms with van der Waals surface area (Å²) in [6, 6.07) is 10.1. The highest BCUT2D eigenvalue weighted by molar-refractivity contribution is 6.31. The van der Waals surface area contributed by atoms with E-state index in [-0.39, 0.29) is 11.8 Å². The number of halogens is 1. The molecule has 0 saturated carbocycles.